The summed E-state index contributed by atoms with van der Waals surface area (Å²) in [7, 11) is 0. The third-order valence-corrected chi connectivity index (χ3v) is 4.79. The van der Waals surface area contributed by atoms with Crippen molar-refractivity contribution in [2.24, 2.45) is 0 Å². The Kier molecular flexibility index (Phi) is 3.80. The molecule has 1 aliphatic rings. The zero-order chi connectivity index (χ0) is 20.0. The lowest BCUT2D eigenvalue weighted by molar-refractivity contribution is 0.103. The molecule has 0 atom stereocenters. The third-order valence-electron chi connectivity index (χ3n) is 4.79. The Morgan fingerprint density at radius 1 is 1.07 bits per heavy atom. The van der Waals surface area contributed by atoms with Crippen LogP contribution >= 0.6 is 0 Å². The lowest BCUT2D eigenvalue weighted by Gasteiger charge is -2.06. The van der Waals surface area contributed by atoms with Gasteiger partial charge in [-0.25, -0.2) is 18.9 Å². The molecule has 7 heteroatoms. The molecule has 5 rings (SSSR count). The van der Waals surface area contributed by atoms with Crippen LogP contribution in [0, 0.1) is 5.82 Å². The minimum atomic E-state index is -0.570. The van der Waals surface area contributed by atoms with Gasteiger partial charge in [0.15, 0.2) is 17.4 Å². The second kappa shape index (κ2) is 6.49. The number of carbonyl (C=O) groups excluding carboxylic acids is 1. The number of benzene rings is 2. The highest BCUT2D eigenvalue weighted by atomic mass is 19.1. The molecule has 0 saturated heterocycles. The molecule has 0 amide bonds. The van der Waals surface area contributed by atoms with Gasteiger partial charge in [-0.15, -0.1) is 0 Å². The fraction of sp³-hybridized carbons (Fsp3) is 0. The summed E-state index contributed by atoms with van der Waals surface area (Å²) in [6.45, 7) is 0. The van der Waals surface area contributed by atoms with Gasteiger partial charge in [0.05, 0.1) is 0 Å². The number of nitrogens with two attached hydrogens (primary N) is 1. The Morgan fingerprint density at radius 3 is 2.55 bits per heavy atom. The number of rotatable bonds is 4. The molecule has 2 N–H and O–H groups in total. The molecule has 0 fully saturated rings. The van der Waals surface area contributed by atoms with Gasteiger partial charge in [-0.05, 0) is 12.1 Å². The number of carbonyl (C=O) groups is 1. The highest BCUT2D eigenvalue weighted by Crippen LogP contribution is 2.33. The summed E-state index contributed by atoms with van der Waals surface area (Å²) in [6, 6.07) is 13.1. The van der Waals surface area contributed by atoms with E-state index >= 15 is 4.39 Å². The van der Waals surface area contributed by atoms with Gasteiger partial charge >= 0.3 is 0 Å². The quantitative estimate of drug-likeness (QED) is 0.543. The number of halogens is 1. The number of hydrogen-bond donors (Lipinski definition) is 1. The third kappa shape index (κ3) is 2.71. The van der Waals surface area contributed by atoms with Crippen molar-refractivity contribution in [2.45, 2.75) is 0 Å². The average Bonchev–Trinajstić information content (AvgIpc) is 3.07. The second-order valence-electron chi connectivity index (χ2n) is 6.56. The SMILES string of the molecule is Nc1ncnn2c(C3=CC=C3)nc(-c3ccc(C(=O)c4ccccc4)cc3F)c12. The van der Waals surface area contributed by atoms with E-state index in [0.717, 1.165) is 5.57 Å². The van der Waals surface area contributed by atoms with Gasteiger partial charge in [0.2, 0.25) is 0 Å². The minimum absolute atomic E-state index is 0.196. The number of nitrogens with zero attached hydrogens (tertiary/aromatic N) is 4. The average molecular weight is 383 g/mol. The van der Waals surface area contributed by atoms with Gasteiger partial charge < -0.3 is 5.73 Å². The van der Waals surface area contributed by atoms with Crippen LogP contribution < -0.4 is 5.73 Å². The molecule has 0 aliphatic heterocycles. The van der Waals surface area contributed by atoms with Crippen molar-refractivity contribution in [3.8, 4) is 11.3 Å². The number of anilines is 1. The normalized spacial score (nSPS) is 12.7. The van der Waals surface area contributed by atoms with Gasteiger partial charge in [-0.3, -0.25) is 4.79 Å². The van der Waals surface area contributed by atoms with Crippen molar-refractivity contribution in [1.82, 2.24) is 19.6 Å². The van der Waals surface area contributed by atoms with Crippen LogP contribution in [0.25, 0.3) is 22.3 Å². The van der Waals surface area contributed by atoms with E-state index in [2.05, 4.69) is 15.1 Å². The standard InChI is InChI=1S/C22H14FN5O/c23-17-11-15(20(29)13-5-2-1-3-6-13)9-10-16(17)18-19-21(24)25-12-26-28(19)22(27-18)14-7-4-8-14/h1-12H,(H2,24,25,26). The molecule has 0 unspecified atom stereocenters. The molecular formula is C22H14FN5O. The maximum atomic E-state index is 15.1. The summed E-state index contributed by atoms with van der Waals surface area (Å²) in [5.41, 5.74) is 8.64. The zero-order valence-electron chi connectivity index (χ0n) is 15.1. The van der Waals surface area contributed by atoms with Gasteiger partial charge in [0.25, 0.3) is 0 Å². The van der Waals surface area contributed by atoms with Crippen LogP contribution in [0.15, 0.2) is 73.1 Å². The summed E-state index contributed by atoms with van der Waals surface area (Å²) in [5, 5.41) is 4.22. The number of ketones is 1. The Labute approximate surface area is 164 Å². The van der Waals surface area contributed by atoms with Gasteiger partial charge in [0, 0.05) is 22.3 Å². The predicted molar refractivity (Wildman–Crippen MR) is 108 cm³/mol. The topological polar surface area (TPSA) is 86.2 Å². The Morgan fingerprint density at radius 2 is 1.86 bits per heavy atom. The van der Waals surface area contributed by atoms with Crippen molar-refractivity contribution in [3.05, 3.63) is 95.9 Å². The van der Waals surface area contributed by atoms with Crippen LogP contribution in [0.5, 0.6) is 0 Å². The first-order valence-corrected chi connectivity index (χ1v) is 8.91. The highest BCUT2D eigenvalue weighted by molar-refractivity contribution is 6.09. The van der Waals surface area contributed by atoms with E-state index in [0.29, 0.717) is 22.6 Å². The van der Waals surface area contributed by atoms with E-state index < -0.39 is 5.82 Å². The van der Waals surface area contributed by atoms with Crippen molar-refractivity contribution in [3.63, 3.8) is 0 Å². The molecule has 6 nitrogen and oxygen atoms in total. The lowest BCUT2D eigenvalue weighted by Crippen LogP contribution is -2.03. The first-order chi connectivity index (χ1) is 14.1. The summed E-state index contributed by atoms with van der Waals surface area (Å²) >= 11 is 0. The Hall–Kier alpha value is -4.13. The van der Waals surface area contributed by atoms with Crippen molar-refractivity contribution < 1.29 is 9.18 Å². The molecule has 2 heterocycles. The molecule has 2 aromatic heterocycles. The second-order valence-corrected chi connectivity index (χ2v) is 6.56. The summed E-state index contributed by atoms with van der Waals surface area (Å²) in [6.07, 6.45) is 6.98. The Bertz CT molecular complexity index is 1340. The fourth-order valence-corrected chi connectivity index (χ4v) is 3.28. The molecule has 0 bridgehead atoms. The summed E-state index contributed by atoms with van der Waals surface area (Å²) < 4.78 is 16.6. The van der Waals surface area contributed by atoms with Gasteiger partial charge in [0.1, 0.15) is 23.4 Å². The van der Waals surface area contributed by atoms with E-state index in [1.54, 1.807) is 34.8 Å². The molecule has 0 radical (unpaired) electrons. The maximum absolute atomic E-state index is 15.1. The molecule has 29 heavy (non-hydrogen) atoms. The highest BCUT2D eigenvalue weighted by Gasteiger charge is 2.22. The molecule has 0 saturated carbocycles. The monoisotopic (exact) mass is 383 g/mol. The number of hydrogen-bond acceptors (Lipinski definition) is 5. The molecule has 140 valence electrons. The van der Waals surface area contributed by atoms with Crippen LogP contribution in [0.1, 0.15) is 21.7 Å². The van der Waals surface area contributed by atoms with Crippen LogP contribution in [-0.4, -0.2) is 25.4 Å². The number of aromatic nitrogens is 4. The van der Waals surface area contributed by atoms with Crippen LogP contribution in [0.2, 0.25) is 0 Å². The van der Waals surface area contributed by atoms with Crippen LogP contribution in [0.3, 0.4) is 0 Å². The molecule has 0 spiro atoms. The molecular weight excluding hydrogens is 369 g/mol. The first kappa shape index (κ1) is 17.0. The number of nitrogen functional groups attached to an aromatic ring is 1. The maximum Gasteiger partial charge on any atom is 0.193 e. The summed E-state index contributed by atoms with van der Waals surface area (Å²) in [5.74, 6) is -0.0734. The van der Waals surface area contributed by atoms with E-state index in [9.17, 15) is 4.79 Å². The zero-order valence-corrected chi connectivity index (χ0v) is 15.1. The largest absolute Gasteiger partial charge is 0.382 e. The predicted octanol–water partition coefficient (Wildman–Crippen LogP) is 3.70. The van der Waals surface area contributed by atoms with Crippen molar-refractivity contribution in [1.29, 1.82) is 0 Å². The van der Waals surface area contributed by atoms with Gasteiger partial charge in [-0.1, -0.05) is 54.6 Å². The minimum Gasteiger partial charge on any atom is -0.382 e. The van der Waals surface area contributed by atoms with E-state index in [-0.39, 0.29) is 22.7 Å². The Balaban J connectivity index is 1.64. The molecule has 2 aromatic carbocycles. The number of imidazole rings is 1. The van der Waals surface area contributed by atoms with E-state index in [4.69, 9.17) is 5.73 Å². The molecule has 4 aromatic rings. The van der Waals surface area contributed by atoms with Crippen LogP contribution in [0.4, 0.5) is 10.2 Å². The lowest BCUT2D eigenvalue weighted by atomic mass is 10.0. The molecule has 1 aliphatic carbocycles. The van der Waals surface area contributed by atoms with Crippen LogP contribution in [-0.2, 0) is 0 Å². The smallest absolute Gasteiger partial charge is 0.193 e. The summed E-state index contributed by atoms with van der Waals surface area (Å²) in [4.78, 5) is 21.2. The number of allylic oxidation sites excluding steroid dienone is 4. The first-order valence-electron chi connectivity index (χ1n) is 8.91. The van der Waals surface area contributed by atoms with E-state index in [1.165, 1.54) is 18.5 Å². The van der Waals surface area contributed by atoms with Crippen molar-refractivity contribution >= 4 is 22.7 Å². The fourth-order valence-electron chi connectivity index (χ4n) is 3.28. The van der Waals surface area contributed by atoms with Crippen molar-refractivity contribution in [2.75, 3.05) is 5.73 Å². The number of fused-ring (bicyclic) bond motifs is 1. The van der Waals surface area contributed by atoms with E-state index in [1.807, 2.05) is 24.3 Å². The van der Waals surface area contributed by atoms with Gasteiger partial charge in [-0.2, -0.15) is 5.10 Å².